The van der Waals surface area contributed by atoms with E-state index in [1.54, 1.807) is 46.9 Å². The molecule has 8 rings (SSSR count). The number of amides is 4. The van der Waals surface area contributed by atoms with Gasteiger partial charge in [-0.1, -0.05) is 19.0 Å². The maximum absolute atomic E-state index is 13.5. The highest BCUT2D eigenvalue weighted by molar-refractivity contribution is 7.88. The quantitative estimate of drug-likeness (QED) is 0.0135. The van der Waals surface area contributed by atoms with Crippen LogP contribution in [-0.4, -0.2) is 52.3 Å². The van der Waals surface area contributed by atoms with Crippen molar-refractivity contribution in [3.63, 3.8) is 0 Å². The largest absolute Gasteiger partial charge is 0.464 e. The summed E-state index contributed by atoms with van der Waals surface area (Å²) >= 11 is 0. The summed E-state index contributed by atoms with van der Waals surface area (Å²) < 4.78 is 180. The summed E-state index contributed by atoms with van der Waals surface area (Å²) in [5.41, 5.74) is 12.5. The highest BCUT2D eigenvalue weighted by atomic mass is 32.2. The summed E-state index contributed by atoms with van der Waals surface area (Å²) in [6.45, 7) is 8.84. The van der Waals surface area contributed by atoms with Crippen molar-refractivity contribution >= 4 is 94.9 Å². The molecule has 8 aromatic rings. The molecule has 4 amide bonds. The van der Waals surface area contributed by atoms with Crippen molar-refractivity contribution in [3.05, 3.63) is 194 Å². The molecule has 22 nitrogen and oxygen atoms in total. The normalized spacial score (nSPS) is 13.2. The summed E-state index contributed by atoms with van der Waals surface area (Å²) in [6.07, 6.45) is -11.9. The topological polar surface area (TPSA) is 361 Å². The van der Waals surface area contributed by atoms with Gasteiger partial charge in [-0.25, -0.2) is 24.5 Å². The van der Waals surface area contributed by atoms with Crippen molar-refractivity contribution in [1.82, 2.24) is 9.44 Å². The number of hydrogen-bond acceptors (Lipinski definition) is 14. The fraction of sp³-hybridized carbons (Fsp3) is 0.207. The first-order valence-corrected chi connectivity index (χ1v) is 29.5. The summed E-state index contributed by atoms with van der Waals surface area (Å²) in [6, 6.07) is 19.1. The predicted octanol–water partition coefficient (Wildman–Crippen LogP) is 10.3. The van der Waals surface area contributed by atoms with Gasteiger partial charge < -0.3 is 30.9 Å². The number of nitrogens with zero attached hydrogens (tertiary/aromatic N) is 2. The molecule has 6 aromatic carbocycles. The Morgan fingerprint density at radius 3 is 1.43 bits per heavy atom. The number of aliphatic imine (C=N–C) groups is 1. The molecule has 91 heavy (non-hydrogen) atoms. The van der Waals surface area contributed by atoms with E-state index in [1.807, 2.05) is 20.8 Å². The third kappa shape index (κ3) is 17.7. The third-order valence-corrected chi connectivity index (χ3v) is 14.3. The van der Waals surface area contributed by atoms with E-state index in [1.165, 1.54) is 67.8 Å². The number of furan rings is 2. The summed E-state index contributed by atoms with van der Waals surface area (Å²) in [5.74, 6) is -4.27. The minimum atomic E-state index is -5.30. The van der Waals surface area contributed by atoms with E-state index in [-0.39, 0.29) is 40.0 Å². The standard InChI is InChI=1S/C29H25F6N5O5S.C29H29F3N6O6S/c1-3-15-10-17(11-21-14(2)13-45-24(15)21)23(27(42)40-46(37,43)44)38-19-7-4-16(5-8-19)25(36)39-26(41)20-9-6-18(28(30,31)32)12-22(20)29(33,34)35;1-4-17-11-19(12-23-16(3)14-43-25(17)23)24(27(39)38-45(34,41)42)35-21-7-5-18(6-8-21)26(33)37-44-28(40)36-22-10-15(2)9-20(13-22)29(30,31)32/h4-13,23,38H,3H2,1-2H3,(H,40,42)(H2,36,39,41)(H2,37,43,44);5-14,24,35H,4H2,1-3H3,(H2,33,37)(H,36,40)(H,38,39)(H2,34,41,42). The number of fused-ring (bicyclic) bond motifs is 2. The lowest BCUT2D eigenvalue weighted by Crippen LogP contribution is -2.41. The summed E-state index contributed by atoms with van der Waals surface area (Å²) in [4.78, 5) is 59.0. The van der Waals surface area contributed by atoms with Gasteiger partial charge in [-0.15, -0.1) is 0 Å². The van der Waals surface area contributed by atoms with Crippen LogP contribution in [0.4, 0.5) is 61.4 Å². The molecule has 13 N–H and O–H groups in total. The van der Waals surface area contributed by atoms with Gasteiger partial charge in [-0.3, -0.25) is 24.5 Å². The second kappa shape index (κ2) is 27.0. The Morgan fingerprint density at radius 1 is 0.560 bits per heavy atom. The molecule has 2 heterocycles. The Bertz CT molecular complexity index is 4400. The molecule has 0 radical (unpaired) electrons. The maximum Gasteiger partial charge on any atom is 0.437 e. The molecular weight excluding hydrogens is 1260 g/mol. The highest BCUT2D eigenvalue weighted by Gasteiger charge is 2.40. The highest BCUT2D eigenvalue weighted by Crippen LogP contribution is 2.39. The number of halogens is 9. The van der Waals surface area contributed by atoms with Gasteiger partial charge in [-0.05, 0) is 182 Å². The van der Waals surface area contributed by atoms with E-state index in [2.05, 4.69) is 26.1 Å². The van der Waals surface area contributed by atoms with Gasteiger partial charge in [-0.2, -0.15) is 61.3 Å². The van der Waals surface area contributed by atoms with Gasteiger partial charge in [0, 0.05) is 39.0 Å². The van der Waals surface area contributed by atoms with Crippen molar-refractivity contribution in [1.29, 1.82) is 0 Å². The van der Waals surface area contributed by atoms with E-state index in [9.17, 15) is 75.5 Å². The van der Waals surface area contributed by atoms with Crippen LogP contribution in [0.2, 0.25) is 0 Å². The van der Waals surface area contributed by atoms with Crippen molar-refractivity contribution in [2.24, 2.45) is 31.9 Å². The first kappa shape index (κ1) is 68.5. The van der Waals surface area contributed by atoms with Crippen LogP contribution in [0, 0.1) is 20.8 Å². The zero-order valence-electron chi connectivity index (χ0n) is 48.0. The number of rotatable bonds is 17. The van der Waals surface area contributed by atoms with Crippen molar-refractivity contribution in [2.75, 3.05) is 16.0 Å². The second-order valence-electron chi connectivity index (χ2n) is 20.1. The Kier molecular flexibility index (Phi) is 20.3. The number of carbonyl (C=O) groups excluding carboxylic acids is 4. The van der Waals surface area contributed by atoms with Crippen molar-refractivity contribution < 1.29 is 89.2 Å². The monoisotopic (exact) mass is 1320 g/mol. The summed E-state index contributed by atoms with van der Waals surface area (Å²) in [5, 5.41) is 23.1. The van der Waals surface area contributed by atoms with Crippen LogP contribution in [0.5, 0.6) is 0 Å². The maximum atomic E-state index is 13.5. The Balaban J connectivity index is 0.000000259. The van der Waals surface area contributed by atoms with Gasteiger partial charge >= 0.3 is 24.6 Å². The van der Waals surface area contributed by atoms with Gasteiger partial charge in [0.1, 0.15) is 29.1 Å². The first-order valence-electron chi connectivity index (χ1n) is 26.4. The van der Waals surface area contributed by atoms with Crippen LogP contribution in [0.1, 0.15) is 103 Å². The number of carbonyl (C=O) groups is 4. The van der Waals surface area contributed by atoms with E-state index < -0.39 is 103 Å². The van der Waals surface area contributed by atoms with Gasteiger partial charge in [0.15, 0.2) is 5.84 Å². The first-order chi connectivity index (χ1) is 42.3. The molecule has 0 aliphatic heterocycles. The predicted molar refractivity (Wildman–Crippen MR) is 317 cm³/mol. The number of nitrogens with two attached hydrogens (primary N) is 4. The Morgan fingerprint density at radius 2 is 1.01 bits per heavy atom. The van der Waals surface area contributed by atoms with Crippen LogP contribution in [0.3, 0.4) is 0 Å². The molecule has 0 saturated carbocycles. The number of alkyl halides is 9. The molecule has 2 aromatic heterocycles. The Labute approximate surface area is 511 Å². The van der Waals surface area contributed by atoms with Crippen LogP contribution in [-0.2, 0) is 66.2 Å². The fourth-order valence-corrected chi connectivity index (χ4v) is 9.85. The number of nitrogens with one attached hydrogen (secondary N) is 5. The number of aryl methyl sites for hydroxylation is 5. The molecule has 0 aliphatic rings. The lowest BCUT2D eigenvalue weighted by Gasteiger charge is -2.20. The van der Waals surface area contributed by atoms with Gasteiger partial charge in [0.05, 0.1) is 34.8 Å². The van der Waals surface area contributed by atoms with Crippen molar-refractivity contribution in [3.8, 4) is 0 Å². The average Bonchev–Trinajstić information content (AvgIpc) is 1.85. The third-order valence-electron chi connectivity index (χ3n) is 13.3. The van der Waals surface area contributed by atoms with Crippen LogP contribution < -0.4 is 47.1 Å². The van der Waals surface area contributed by atoms with Crippen LogP contribution in [0.25, 0.3) is 21.9 Å². The minimum absolute atomic E-state index is 0.0358. The Hall–Kier alpha value is -9.99. The van der Waals surface area contributed by atoms with Gasteiger partial charge in [0.25, 0.3) is 38.1 Å². The minimum Gasteiger partial charge on any atom is -0.464 e. The molecule has 33 heteroatoms. The van der Waals surface area contributed by atoms with E-state index in [0.29, 0.717) is 58.3 Å². The smallest absolute Gasteiger partial charge is 0.437 e. The van der Waals surface area contributed by atoms with Gasteiger partial charge in [0.2, 0.25) is 0 Å². The molecule has 2 unspecified atom stereocenters. The molecule has 0 aliphatic carbocycles. The summed E-state index contributed by atoms with van der Waals surface area (Å²) in [7, 11) is -8.82. The number of anilines is 3. The molecule has 0 bridgehead atoms. The number of oxime groups is 1. The van der Waals surface area contributed by atoms with E-state index in [0.717, 1.165) is 39.8 Å². The average molecular weight is 1320 g/mol. The molecular formula is C58H54F9N11O11S2. The number of amidine groups is 2. The molecule has 0 fully saturated rings. The molecule has 2 atom stereocenters. The zero-order valence-corrected chi connectivity index (χ0v) is 49.7. The molecule has 0 saturated heterocycles. The number of hydrogen-bond donors (Lipinski definition) is 9. The van der Waals surface area contributed by atoms with Crippen LogP contribution >= 0.6 is 0 Å². The molecule has 0 spiro atoms. The lowest BCUT2D eigenvalue weighted by molar-refractivity contribution is -0.143. The molecule has 482 valence electrons. The number of benzene rings is 6. The van der Waals surface area contributed by atoms with Crippen molar-refractivity contribution in [2.45, 2.75) is 78.1 Å². The second-order valence-corrected chi connectivity index (χ2v) is 22.7. The SMILES string of the molecule is CCc1cc(C(Nc2ccc(C(N)=NC(=O)c3ccc(C(F)(F)F)cc3C(F)(F)F)cc2)C(=O)NS(N)(=O)=O)cc2c(C)coc12.CCc1cc(C(Nc2ccc(C(N)=NOC(=O)Nc3cc(C)cc(C(F)(F)F)c3)cc2)C(=O)NS(N)(=O)=O)cc2c(C)coc12. The van der Waals surface area contributed by atoms with E-state index in [4.69, 9.17) is 35.4 Å². The van der Waals surface area contributed by atoms with Crippen LogP contribution in [0.15, 0.2) is 141 Å². The lowest BCUT2D eigenvalue weighted by atomic mass is 9.98. The van der Waals surface area contributed by atoms with E-state index >= 15 is 0 Å². The fourth-order valence-electron chi connectivity index (χ4n) is 9.06. The zero-order chi connectivity index (χ0) is 67.3.